The average molecular weight is 269 g/mol. The van der Waals surface area contributed by atoms with Crippen LogP contribution in [0.5, 0.6) is 0 Å². The minimum atomic E-state index is -0.248. The van der Waals surface area contributed by atoms with Gasteiger partial charge in [-0.25, -0.2) is 0 Å². The third-order valence-corrected chi connectivity index (χ3v) is 5.09. The molecule has 1 aliphatic heterocycles. The first-order valence-electron chi connectivity index (χ1n) is 7.68. The van der Waals surface area contributed by atoms with E-state index in [1.165, 1.54) is 17.6 Å². The fraction of sp³-hybridized carbons (Fsp3) is 0.529. The Kier molecular flexibility index (Phi) is 2.53. The number of hydrogen-bond donors (Lipinski definition) is 1. The van der Waals surface area contributed by atoms with Crippen LogP contribution in [0.4, 0.5) is 0 Å². The van der Waals surface area contributed by atoms with Gasteiger partial charge in [0.25, 0.3) is 0 Å². The zero-order valence-corrected chi connectivity index (χ0v) is 11.8. The molecule has 0 aromatic rings. The molecule has 1 heterocycles. The standard InChI is InChI=1S/C17H19NO2/c1-9-8-13-15(18-9)12-7-6-10-4-2-3-5-11(10)14(12)17(20)16(13)19/h6,9,12,18H,2-5,7-8H2,1H3. The van der Waals surface area contributed by atoms with Crippen LogP contribution >= 0.6 is 0 Å². The zero-order valence-electron chi connectivity index (χ0n) is 11.8. The fourth-order valence-corrected chi connectivity index (χ4v) is 4.21. The molecule has 4 rings (SSSR count). The Morgan fingerprint density at radius 1 is 1.10 bits per heavy atom. The Labute approximate surface area is 118 Å². The summed E-state index contributed by atoms with van der Waals surface area (Å²) in [6, 6.07) is 0.276. The van der Waals surface area contributed by atoms with Crippen molar-refractivity contribution in [3.8, 4) is 0 Å². The summed E-state index contributed by atoms with van der Waals surface area (Å²) < 4.78 is 0. The fourth-order valence-electron chi connectivity index (χ4n) is 4.21. The topological polar surface area (TPSA) is 46.2 Å². The van der Waals surface area contributed by atoms with E-state index in [1.54, 1.807) is 0 Å². The second-order valence-corrected chi connectivity index (χ2v) is 6.42. The molecule has 0 saturated heterocycles. The highest BCUT2D eigenvalue weighted by Crippen LogP contribution is 2.45. The molecule has 1 saturated carbocycles. The average Bonchev–Trinajstić information content (AvgIpc) is 2.86. The van der Waals surface area contributed by atoms with Crippen LogP contribution in [0.25, 0.3) is 0 Å². The van der Waals surface area contributed by atoms with E-state index in [2.05, 4.69) is 18.3 Å². The van der Waals surface area contributed by atoms with E-state index >= 15 is 0 Å². The lowest BCUT2D eigenvalue weighted by Crippen LogP contribution is -2.35. The van der Waals surface area contributed by atoms with Crippen molar-refractivity contribution < 1.29 is 9.59 Å². The van der Waals surface area contributed by atoms with E-state index in [4.69, 9.17) is 0 Å². The number of carbonyl (C=O) groups excluding carboxylic acids is 2. The van der Waals surface area contributed by atoms with E-state index in [0.29, 0.717) is 6.42 Å². The maximum atomic E-state index is 12.6. The summed E-state index contributed by atoms with van der Waals surface area (Å²) in [7, 11) is 0. The highest BCUT2D eigenvalue weighted by Gasteiger charge is 2.44. The minimum Gasteiger partial charge on any atom is -0.385 e. The van der Waals surface area contributed by atoms with Crippen LogP contribution in [0, 0.1) is 5.92 Å². The molecule has 3 heteroatoms. The molecular weight excluding hydrogens is 250 g/mol. The summed E-state index contributed by atoms with van der Waals surface area (Å²) in [4.78, 5) is 24.9. The summed E-state index contributed by atoms with van der Waals surface area (Å²) in [5.41, 5.74) is 5.15. The Hall–Kier alpha value is -1.64. The molecule has 104 valence electrons. The van der Waals surface area contributed by atoms with Gasteiger partial charge in [0.1, 0.15) is 0 Å². The number of Topliss-reactive ketones (excluding diaryl/α,β-unsaturated/α-hetero) is 2. The van der Waals surface area contributed by atoms with Crippen molar-refractivity contribution >= 4 is 11.6 Å². The van der Waals surface area contributed by atoms with E-state index in [1.807, 2.05) is 0 Å². The Balaban J connectivity index is 1.87. The molecule has 0 aromatic heterocycles. The number of ketones is 2. The van der Waals surface area contributed by atoms with Gasteiger partial charge in [0, 0.05) is 28.8 Å². The molecule has 2 unspecified atom stereocenters. The molecule has 3 aliphatic carbocycles. The molecule has 0 aromatic carbocycles. The summed E-state index contributed by atoms with van der Waals surface area (Å²) in [5, 5.41) is 3.44. The lowest BCUT2D eigenvalue weighted by molar-refractivity contribution is -0.133. The number of rotatable bonds is 0. The van der Waals surface area contributed by atoms with Gasteiger partial charge >= 0.3 is 0 Å². The van der Waals surface area contributed by atoms with Crippen molar-refractivity contribution in [2.45, 2.75) is 51.5 Å². The molecule has 1 fully saturated rings. The first-order valence-corrected chi connectivity index (χ1v) is 7.68. The molecule has 20 heavy (non-hydrogen) atoms. The minimum absolute atomic E-state index is 0.122. The quantitative estimate of drug-likeness (QED) is 0.688. The van der Waals surface area contributed by atoms with Crippen molar-refractivity contribution in [3.05, 3.63) is 34.1 Å². The van der Waals surface area contributed by atoms with Crippen molar-refractivity contribution in [3.63, 3.8) is 0 Å². The van der Waals surface area contributed by atoms with Crippen molar-refractivity contribution in [1.29, 1.82) is 0 Å². The van der Waals surface area contributed by atoms with Crippen LogP contribution in [-0.4, -0.2) is 17.6 Å². The molecule has 1 N–H and O–H groups in total. The summed E-state index contributed by atoms with van der Waals surface area (Å²) in [6.07, 6.45) is 8.28. The van der Waals surface area contributed by atoms with Gasteiger partial charge in [0.05, 0.1) is 0 Å². The smallest absolute Gasteiger partial charge is 0.231 e. The summed E-state index contributed by atoms with van der Waals surface area (Å²) in [5.74, 6) is -0.341. The van der Waals surface area contributed by atoms with Gasteiger partial charge in [-0.15, -0.1) is 0 Å². The number of carbonyl (C=O) groups is 2. The van der Waals surface area contributed by atoms with Gasteiger partial charge in [0.15, 0.2) is 0 Å². The molecule has 0 amide bonds. The van der Waals surface area contributed by atoms with Gasteiger partial charge in [-0.05, 0) is 56.6 Å². The Bertz CT molecular complexity index is 621. The van der Waals surface area contributed by atoms with Gasteiger partial charge in [-0.3, -0.25) is 9.59 Å². The Morgan fingerprint density at radius 3 is 2.75 bits per heavy atom. The predicted molar refractivity (Wildman–Crippen MR) is 75.9 cm³/mol. The lowest BCUT2D eigenvalue weighted by atomic mass is 9.70. The van der Waals surface area contributed by atoms with Gasteiger partial charge < -0.3 is 5.32 Å². The second kappa shape index (κ2) is 4.18. The molecule has 3 nitrogen and oxygen atoms in total. The SMILES string of the molecule is CC1CC2=C(N1)C1CC=C3CCCCC3=C1C(=O)C2=O. The highest BCUT2D eigenvalue weighted by molar-refractivity contribution is 6.50. The van der Waals surface area contributed by atoms with Crippen molar-refractivity contribution in [2.24, 2.45) is 5.92 Å². The summed E-state index contributed by atoms with van der Waals surface area (Å²) >= 11 is 0. The largest absolute Gasteiger partial charge is 0.385 e. The molecule has 0 bridgehead atoms. The van der Waals surface area contributed by atoms with Crippen molar-refractivity contribution in [2.75, 3.05) is 0 Å². The van der Waals surface area contributed by atoms with Gasteiger partial charge in [-0.1, -0.05) is 6.08 Å². The predicted octanol–water partition coefficient (Wildman–Crippen LogP) is 2.59. The van der Waals surface area contributed by atoms with Gasteiger partial charge in [0.2, 0.25) is 11.6 Å². The maximum Gasteiger partial charge on any atom is 0.231 e. The van der Waals surface area contributed by atoms with Crippen LogP contribution < -0.4 is 5.32 Å². The number of hydrogen-bond acceptors (Lipinski definition) is 3. The van der Waals surface area contributed by atoms with Crippen LogP contribution in [-0.2, 0) is 9.59 Å². The van der Waals surface area contributed by atoms with Crippen LogP contribution in [0.3, 0.4) is 0 Å². The number of nitrogens with one attached hydrogen (secondary N) is 1. The summed E-state index contributed by atoms with van der Waals surface area (Å²) in [6.45, 7) is 2.08. The van der Waals surface area contributed by atoms with E-state index < -0.39 is 0 Å². The lowest BCUT2D eigenvalue weighted by Gasteiger charge is -2.34. The van der Waals surface area contributed by atoms with Gasteiger partial charge in [-0.2, -0.15) is 0 Å². The van der Waals surface area contributed by atoms with E-state index in [9.17, 15) is 9.59 Å². The van der Waals surface area contributed by atoms with Crippen LogP contribution in [0.2, 0.25) is 0 Å². The molecular formula is C17H19NO2. The van der Waals surface area contributed by atoms with Crippen molar-refractivity contribution in [1.82, 2.24) is 5.32 Å². The van der Waals surface area contributed by atoms with E-state index in [-0.39, 0.29) is 23.5 Å². The molecule has 0 radical (unpaired) electrons. The Morgan fingerprint density at radius 2 is 1.90 bits per heavy atom. The number of fused-ring (bicyclic) bond motifs is 3. The first-order chi connectivity index (χ1) is 9.66. The zero-order chi connectivity index (χ0) is 13.9. The molecule has 0 spiro atoms. The third-order valence-electron chi connectivity index (χ3n) is 5.09. The van der Waals surface area contributed by atoms with Crippen LogP contribution in [0.15, 0.2) is 34.1 Å². The van der Waals surface area contributed by atoms with Crippen LogP contribution in [0.1, 0.15) is 45.4 Å². The number of allylic oxidation sites excluding steroid dienone is 4. The second-order valence-electron chi connectivity index (χ2n) is 6.42. The normalized spacial score (nSPS) is 32.5. The molecule has 2 atom stereocenters. The third kappa shape index (κ3) is 1.52. The monoisotopic (exact) mass is 269 g/mol. The first kappa shape index (κ1) is 12.1. The van der Waals surface area contributed by atoms with E-state index in [0.717, 1.165) is 42.5 Å². The highest BCUT2D eigenvalue weighted by atomic mass is 16.2. The molecule has 4 aliphatic rings. The maximum absolute atomic E-state index is 12.6.